The minimum atomic E-state index is -0.954. The van der Waals surface area contributed by atoms with E-state index in [2.05, 4.69) is 0 Å². The van der Waals surface area contributed by atoms with Crippen molar-refractivity contribution in [1.82, 2.24) is 0 Å². The van der Waals surface area contributed by atoms with Gasteiger partial charge < -0.3 is 5.73 Å². The Morgan fingerprint density at radius 2 is 1.85 bits per heavy atom. The second kappa shape index (κ2) is 4.92. The minimum absolute atomic E-state index is 0.0567. The van der Waals surface area contributed by atoms with Crippen LogP contribution in [0.15, 0.2) is 24.3 Å². The summed E-state index contributed by atoms with van der Waals surface area (Å²) in [6, 6.07) is 6.09. The number of halogens is 2. The minimum Gasteiger partial charge on any atom is -0.328 e. The fraction of sp³-hybridized carbons (Fsp3) is 0.400. The lowest BCUT2D eigenvalue weighted by Crippen LogP contribution is -2.15. The van der Waals surface area contributed by atoms with Crippen LogP contribution in [0.1, 0.15) is 12.0 Å². The summed E-state index contributed by atoms with van der Waals surface area (Å²) in [6.45, 7) is 0.0567. The molecule has 0 aliphatic heterocycles. The summed E-state index contributed by atoms with van der Waals surface area (Å²) in [5, 5.41) is 0. The molecule has 1 unspecified atom stereocenters. The van der Waals surface area contributed by atoms with Crippen LogP contribution in [0.5, 0.6) is 0 Å². The Labute approximate surface area is 76.6 Å². The van der Waals surface area contributed by atoms with E-state index in [9.17, 15) is 8.78 Å². The van der Waals surface area contributed by atoms with Gasteiger partial charge in [0.1, 0.15) is 12.0 Å². The Morgan fingerprint density at radius 1 is 1.23 bits per heavy atom. The van der Waals surface area contributed by atoms with E-state index in [-0.39, 0.29) is 12.4 Å². The fourth-order valence-electron chi connectivity index (χ4n) is 1.09. The van der Waals surface area contributed by atoms with Crippen molar-refractivity contribution in [2.24, 2.45) is 5.73 Å². The molecule has 1 aromatic carbocycles. The molecule has 0 radical (unpaired) electrons. The first-order valence-corrected chi connectivity index (χ1v) is 4.31. The van der Waals surface area contributed by atoms with Gasteiger partial charge >= 0.3 is 0 Å². The van der Waals surface area contributed by atoms with Crippen molar-refractivity contribution >= 4 is 0 Å². The molecule has 1 aromatic rings. The molecule has 0 bridgehead atoms. The maximum Gasteiger partial charge on any atom is 0.123 e. The predicted octanol–water partition coefficient (Wildman–Crippen LogP) is 2.06. The van der Waals surface area contributed by atoms with Gasteiger partial charge in [0.15, 0.2) is 0 Å². The third-order valence-corrected chi connectivity index (χ3v) is 1.92. The van der Waals surface area contributed by atoms with E-state index in [4.69, 9.17) is 5.73 Å². The van der Waals surface area contributed by atoms with Gasteiger partial charge in [0.05, 0.1) is 0 Å². The molecule has 0 saturated carbocycles. The summed E-state index contributed by atoms with van der Waals surface area (Å²) >= 11 is 0. The number of hydrogen-bond donors (Lipinski definition) is 1. The highest BCUT2D eigenvalue weighted by atomic mass is 19.1. The molecule has 13 heavy (non-hydrogen) atoms. The first kappa shape index (κ1) is 10.1. The van der Waals surface area contributed by atoms with Crippen LogP contribution in [0.4, 0.5) is 8.78 Å². The molecular weight excluding hydrogens is 172 g/mol. The second-order valence-electron chi connectivity index (χ2n) is 3.00. The first-order chi connectivity index (χ1) is 6.22. The second-order valence-corrected chi connectivity index (χ2v) is 3.00. The van der Waals surface area contributed by atoms with Crippen molar-refractivity contribution < 1.29 is 8.78 Å². The number of benzene rings is 1. The molecule has 0 aliphatic carbocycles. The van der Waals surface area contributed by atoms with E-state index in [1.54, 1.807) is 12.1 Å². The number of alkyl halides is 1. The summed E-state index contributed by atoms with van der Waals surface area (Å²) in [6.07, 6.45) is 0.0610. The smallest absolute Gasteiger partial charge is 0.123 e. The highest BCUT2D eigenvalue weighted by molar-refractivity contribution is 5.16. The number of aryl methyl sites for hydroxylation is 1. The van der Waals surface area contributed by atoms with Crippen LogP contribution in [0.25, 0.3) is 0 Å². The quantitative estimate of drug-likeness (QED) is 0.763. The van der Waals surface area contributed by atoms with Crippen molar-refractivity contribution in [3.63, 3.8) is 0 Å². The molecule has 1 rings (SSSR count). The highest BCUT2D eigenvalue weighted by Gasteiger charge is 2.03. The van der Waals surface area contributed by atoms with E-state index in [0.29, 0.717) is 12.8 Å². The number of rotatable bonds is 4. The van der Waals surface area contributed by atoms with Gasteiger partial charge in [-0.3, -0.25) is 0 Å². The van der Waals surface area contributed by atoms with E-state index in [1.165, 1.54) is 12.1 Å². The van der Waals surface area contributed by atoms with Crippen LogP contribution in [-0.2, 0) is 6.42 Å². The lowest BCUT2D eigenvalue weighted by molar-refractivity contribution is 0.323. The Bertz CT molecular complexity index is 246. The zero-order valence-electron chi connectivity index (χ0n) is 7.34. The van der Waals surface area contributed by atoms with Crippen molar-refractivity contribution in [2.75, 3.05) is 6.54 Å². The van der Waals surface area contributed by atoms with Crippen molar-refractivity contribution in [1.29, 1.82) is 0 Å². The molecule has 0 saturated heterocycles. The topological polar surface area (TPSA) is 26.0 Å². The SMILES string of the molecule is NCC(F)CCc1ccc(F)cc1. The third kappa shape index (κ3) is 3.51. The zero-order valence-corrected chi connectivity index (χ0v) is 7.34. The lowest BCUT2D eigenvalue weighted by atomic mass is 10.1. The van der Waals surface area contributed by atoms with Gasteiger partial charge in [-0.25, -0.2) is 8.78 Å². The zero-order chi connectivity index (χ0) is 9.68. The van der Waals surface area contributed by atoms with Crippen LogP contribution in [0.2, 0.25) is 0 Å². The Hall–Kier alpha value is -0.960. The van der Waals surface area contributed by atoms with Gasteiger partial charge in [-0.1, -0.05) is 12.1 Å². The monoisotopic (exact) mass is 185 g/mol. The maximum absolute atomic E-state index is 12.7. The summed E-state index contributed by atoms with van der Waals surface area (Å²) in [5.74, 6) is -0.264. The van der Waals surface area contributed by atoms with Crippen molar-refractivity contribution in [2.45, 2.75) is 19.0 Å². The molecule has 3 heteroatoms. The molecule has 1 atom stereocenters. The van der Waals surface area contributed by atoms with Gasteiger partial charge in [0.25, 0.3) is 0 Å². The van der Waals surface area contributed by atoms with E-state index in [0.717, 1.165) is 5.56 Å². The molecule has 0 heterocycles. The average Bonchev–Trinajstić information content (AvgIpc) is 2.16. The molecule has 0 aliphatic rings. The number of nitrogens with two attached hydrogens (primary N) is 1. The Balaban J connectivity index is 2.41. The fourth-order valence-corrected chi connectivity index (χ4v) is 1.09. The third-order valence-electron chi connectivity index (χ3n) is 1.92. The molecule has 0 spiro atoms. The number of hydrogen-bond acceptors (Lipinski definition) is 1. The summed E-state index contributed by atoms with van der Waals surface area (Å²) < 4.78 is 25.2. The van der Waals surface area contributed by atoms with Crippen LogP contribution in [0.3, 0.4) is 0 Å². The maximum atomic E-state index is 12.7. The van der Waals surface area contributed by atoms with Crippen LogP contribution in [-0.4, -0.2) is 12.7 Å². The molecule has 2 N–H and O–H groups in total. The summed E-state index contributed by atoms with van der Waals surface area (Å²) in [7, 11) is 0. The first-order valence-electron chi connectivity index (χ1n) is 4.31. The molecule has 0 amide bonds. The van der Waals surface area contributed by atoms with Crippen LogP contribution < -0.4 is 5.73 Å². The standard InChI is InChI=1S/C10H13F2N/c11-9-4-1-8(2-5-9)3-6-10(12)7-13/h1-2,4-5,10H,3,6-7,13H2. The predicted molar refractivity (Wildman–Crippen MR) is 48.7 cm³/mol. The molecule has 0 aromatic heterocycles. The van der Waals surface area contributed by atoms with Gasteiger partial charge in [-0.05, 0) is 30.5 Å². The van der Waals surface area contributed by atoms with Crippen molar-refractivity contribution in [3.05, 3.63) is 35.6 Å². The molecule has 72 valence electrons. The Morgan fingerprint density at radius 3 is 2.38 bits per heavy atom. The average molecular weight is 185 g/mol. The van der Waals surface area contributed by atoms with Crippen LogP contribution in [0, 0.1) is 5.82 Å². The van der Waals surface area contributed by atoms with E-state index < -0.39 is 6.17 Å². The molecule has 0 fully saturated rings. The van der Waals surface area contributed by atoms with Crippen molar-refractivity contribution in [3.8, 4) is 0 Å². The van der Waals surface area contributed by atoms with Crippen LogP contribution >= 0.6 is 0 Å². The Kier molecular flexibility index (Phi) is 3.83. The van der Waals surface area contributed by atoms with Gasteiger partial charge in [-0.2, -0.15) is 0 Å². The summed E-state index contributed by atoms with van der Waals surface area (Å²) in [4.78, 5) is 0. The van der Waals surface area contributed by atoms with E-state index in [1.807, 2.05) is 0 Å². The van der Waals surface area contributed by atoms with Gasteiger partial charge in [0.2, 0.25) is 0 Å². The van der Waals surface area contributed by atoms with Gasteiger partial charge in [-0.15, -0.1) is 0 Å². The molecule has 1 nitrogen and oxygen atoms in total. The lowest BCUT2D eigenvalue weighted by Gasteiger charge is -2.04. The van der Waals surface area contributed by atoms with E-state index >= 15 is 0 Å². The highest BCUT2D eigenvalue weighted by Crippen LogP contribution is 2.08. The summed E-state index contributed by atoms with van der Waals surface area (Å²) in [5.41, 5.74) is 6.07. The largest absolute Gasteiger partial charge is 0.328 e. The van der Waals surface area contributed by atoms with Gasteiger partial charge in [0, 0.05) is 6.54 Å². The molecular formula is C10H13F2N. The normalized spacial score (nSPS) is 12.8.